The second-order valence-corrected chi connectivity index (χ2v) is 7.38. The minimum atomic E-state index is -4.47. The molecule has 6 nitrogen and oxygen atoms in total. The number of anilines is 2. The lowest BCUT2D eigenvalue weighted by atomic mass is 9.91. The Morgan fingerprint density at radius 2 is 1.79 bits per heavy atom. The zero-order valence-electron chi connectivity index (χ0n) is 16.3. The van der Waals surface area contributed by atoms with Crippen molar-refractivity contribution in [1.29, 1.82) is 0 Å². The average molecular weight is 407 g/mol. The van der Waals surface area contributed by atoms with E-state index in [-0.39, 0.29) is 17.6 Å². The zero-order valence-corrected chi connectivity index (χ0v) is 16.3. The zero-order chi connectivity index (χ0) is 21.0. The van der Waals surface area contributed by atoms with Gasteiger partial charge in [0, 0.05) is 37.9 Å². The summed E-state index contributed by atoms with van der Waals surface area (Å²) < 4.78 is 38.5. The molecule has 29 heavy (non-hydrogen) atoms. The lowest BCUT2D eigenvalue weighted by Crippen LogP contribution is -2.40. The van der Waals surface area contributed by atoms with Crippen molar-refractivity contribution in [1.82, 2.24) is 15.3 Å². The van der Waals surface area contributed by atoms with E-state index in [4.69, 9.17) is 0 Å². The van der Waals surface area contributed by atoms with Gasteiger partial charge in [0.15, 0.2) is 0 Å². The van der Waals surface area contributed by atoms with Gasteiger partial charge in [-0.3, -0.25) is 4.79 Å². The van der Waals surface area contributed by atoms with E-state index in [1.807, 2.05) is 25.1 Å². The van der Waals surface area contributed by atoms with Crippen LogP contribution in [0.25, 0.3) is 0 Å². The summed E-state index contributed by atoms with van der Waals surface area (Å²) in [6.07, 6.45) is 0.315. The summed E-state index contributed by atoms with van der Waals surface area (Å²) in [5.41, 5.74) is -0.799. The first-order valence-electron chi connectivity index (χ1n) is 9.47. The maximum Gasteiger partial charge on any atom is 0.416 e. The topological polar surface area (TPSA) is 70.2 Å². The smallest absolute Gasteiger partial charge is 0.363 e. The Morgan fingerprint density at radius 3 is 2.45 bits per heavy atom. The van der Waals surface area contributed by atoms with Crippen molar-refractivity contribution in [2.75, 3.05) is 24.3 Å². The van der Waals surface area contributed by atoms with E-state index in [2.05, 4.69) is 20.6 Å². The molecule has 1 saturated carbocycles. The molecule has 0 atom stereocenters. The molecule has 0 bridgehead atoms. The fourth-order valence-electron chi connectivity index (χ4n) is 3.34. The Hall–Kier alpha value is -2.84. The van der Waals surface area contributed by atoms with Crippen LogP contribution in [0.15, 0.2) is 36.5 Å². The molecule has 0 radical (unpaired) electrons. The molecule has 0 spiro atoms. The normalized spacial score (nSPS) is 19.5. The van der Waals surface area contributed by atoms with Crippen LogP contribution in [0.2, 0.25) is 0 Å². The summed E-state index contributed by atoms with van der Waals surface area (Å²) in [6, 6.07) is 6.44. The third-order valence-corrected chi connectivity index (χ3v) is 4.95. The van der Waals surface area contributed by atoms with Gasteiger partial charge in [-0.25, -0.2) is 4.98 Å². The van der Waals surface area contributed by atoms with Gasteiger partial charge in [-0.2, -0.15) is 18.2 Å². The van der Waals surface area contributed by atoms with E-state index in [0.29, 0.717) is 5.95 Å². The number of amides is 1. The van der Waals surface area contributed by atoms with Gasteiger partial charge >= 0.3 is 6.18 Å². The minimum absolute atomic E-state index is 0.0222. The molecule has 0 aliphatic heterocycles. The highest BCUT2D eigenvalue weighted by molar-refractivity contribution is 5.94. The van der Waals surface area contributed by atoms with Crippen LogP contribution in [0, 0.1) is 0 Å². The van der Waals surface area contributed by atoms with E-state index in [0.717, 1.165) is 43.6 Å². The largest absolute Gasteiger partial charge is 0.416 e. The molecule has 1 aromatic heterocycles. The first-order valence-corrected chi connectivity index (χ1v) is 9.47. The number of carbonyl (C=O) groups is 1. The first kappa shape index (κ1) is 20.9. The highest BCUT2D eigenvalue weighted by Gasteiger charge is 2.31. The summed E-state index contributed by atoms with van der Waals surface area (Å²) in [4.78, 5) is 22.9. The SMILES string of the molecule is CN(C)c1ccnc(NC2CCC(NC(=O)c3cccc(C(F)(F)F)c3)CC2)n1. The number of benzene rings is 1. The summed E-state index contributed by atoms with van der Waals surface area (Å²) >= 11 is 0. The van der Waals surface area contributed by atoms with E-state index in [1.165, 1.54) is 12.1 Å². The molecule has 1 fully saturated rings. The number of nitrogens with zero attached hydrogens (tertiary/aromatic N) is 3. The van der Waals surface area contributed by atoms with Crippen LogP contribution in [-0.2, 0) is 6.18 Å². The number of hydrogen-bond donors (Lipinski definition) is 2. The highest BCUT2D eigenvalue weighted by Crippen LogP contribution is 2.29. The van der Waals surface area contributed by atoms with Crippen LogP contribution >= 0.6 is 0 Å². The number of aromatic nitrogens is 2. The van der Waals surface area contributed by atoms with Crippen LogP contribution in [-0.4, -0.2) is 42.1 Å². The van der Waals surface area contributed by atoms with E-state index < -0.39 is 17.6 Å². The van der Waals surface area contributed by atoms with Gasteiger partial charge in [0.1, 0.15) is 5.82 Å². The fraction of sp³-hybridized carbons (Fsp3) is 0.450. The molecular formula is C20H24F3N5O. The highest BCUT2D eigenvalue weighted by atomic mass is 19.4. The van der Waals surface area contributed by atoms with E-state index >= 15 is 0 Å². The molecule has 2 N–H and O–H groups in total. The summed E-state index contributed by atoms with van der Waals surface area (Å²) in [5.74, 6) is 0.895. The molecule has 1 aliphatic carbocycles. The Morgan fingerprint density at radius 1 is 1.10 bits per heavy atom. The van der Waals surface area contributed by atoms with Gasteiger partial charge < -0.3 is 15.5 Å². The fourth-order valence-corrected chi connectivity index (χ4v) is 3.34. The Bertz CT molecular complexity index is 848. The van der Waals surface area contributed by atoms with E-state index in [1.54, 1.807) is 6.20 Å². The van der Waals surface area contributed by atoms with Crippen molar-refractivity contribution in [3.8, 4) is 0 Å². The lowest BCUT2D eigenvalue weighted by Gasteiger charge is -2.29. The molecule has 3 rings (SSSR count). The van der Waals surface area contributed by atoms with Crippen molar-refractivity contribution >= 4 is 17.7 Å². The minimum Gasteiger partial charge on any atom is -0.363 e. The third kappa shape index (κ3) is 5.58. The van der Waals surface area contributed by atoms with Gasteiger partial charge in [0.25, 0.3) is 5.91 Å². The lowest BCUT2D eigenvalue weighted by molar-refractivity contribution is -0.137. The summed E-state index contributed by atoms with van der Waals surface area (Å²) in [5, 5.41) is 6.17. The van der Waals surface area contributed by atoms with Crippen molar-refractivity contribution in [3.63, 3.8) is 0 Å². The predicted octanol–water partition coefficient (Wildman–Crippen LogP) is 3.71. The average Bonchev–Trinajstić information content (AvgIpc) is 2.69. The molecule has 156 valence electrons. The standard InChI is InChI=1S/C20H24F3N5O/c1-28(2)17-10-11-24-19(27-17)26-16-8-6-15(7-9-16)25-18(29)13-4-3-5-14(12-13)20(21,22)23/h3-5,10-12,15-16H,6-9H2,1-2H3,(H,25,29)(H,24,26,27). The molecule has 9 heteroatoms. The quantitative estimate of drug-likeness (QED) is 0.791. The number of carbonyl (C=O) groups excluding carboxylic acids is 1. The summed E-state index contributed by atoms with van der Waals surface area (Å²) in [6.45, 7) is 0. The monoisotopic (exact) mass is 407 g/mol. The van der Waals surface area contributed by atoms with E-state index in [9.17, 15) is 18.0 Å². The van der Waals surface area contributed by atoms with Crippen LogP contribution in [0.3, 0.4) is 0 Å². The number of nitrogens with one attached hydrogen (secondary N) is 2. The molecule has 1 heterocycles. The third-order valence-electron chi connectivity index (χ3n) is 4.95. The van der Waals surface area contributed by atoms with Crippen molar-refractivity contribution in [2.24, 2.45) is 0 Å². The number of alkyl halides is 3. The molecule has 0 unspecified atom stereocenters. The first-order chi connectivity index (χ1) is 13.7. The van der Waals surface area contributed by atoms with Crippen LogP contribution in [0.5, 0.6) is 0 Å². The Labute approximate surface area is 167 Å². The number of rotatable bonds is 5. The predicted molar refractivity (Wildman–Crippen MR) is 105 cm³/mol. The van der Waals surface area contributed by atoms with Crippen LogP contribution in [0.1, 0.15) is 41.6 Å². The van der Waals surface area contributed by atoms with Crippen LogP contribution < -0.4 is 15.5 Å². The number of halogens is 3. The maximum atomic E-state index is 12.8. The van der Waals surface area contributed by atoms with Crippen molar-refractivity contribution in [2.45, 2.75) is 43.9 Å². The van der Waals surface area contributed by atoms with Gasteiger partial charge in [-0.1, -0.05) is 6.07 Å². The molecule has 1 amide bonds. The van der Waals surface area contributed by atoms with Gasteiger partial charge in [-0.05, 0) is 49.9 Å². The molecular weight excluding hydrogens is 383 g/mol. The summed E-state index contributed by atoms with van der Waals surface area (Å²) in [7, 11) is 3.81. The van der Waals surface area contributed by atoms with Gasteiger partial charge in [-0.15, -0.1) is 0 Å². The maximum absolute atomic E-state index is 12.8. The van der Waals surface area contributed by atoms with Crippen LogP contribution in [0.4, 0.5) is 24.9 Å². The van der Waals surface area contributed by atoms with Gasteiger partial charge in [0.2, 0.25) is 5.95 Å². The second kappa shape index (κ2) is 8.67. The van der Waals surface area contributed by atoms with Crippen molar-refractivity contribution in [3.05, 3.63) is 47.7 Å². The number of hydrogen-bond acceptors (Lipinski definition) is 5. The molecule has 1 aliphatic rings. The van der Waals surface area contributed by atoms with Crippen molar-refractivity contribution < 1.29 is 18.0 Å². The Kier molecular flexibility index (Phi) is 6.24. The molecule has 1 aromatic carbocycles. The van der Waals surface area contributed by atoms with Gasteiger partial charge in [0.05, 0.1) is 5.56 Å². The Balaban J connectivity index is 1.52. The second-order valence-electron chi connectivity index (χ2n) is 7.38. The molecule has 0 saturated heterocycles. The molecule has 2 aromatic rings.